The molecule has 0 amide bonds. The topological polar surface area (TPSA) is 43.8 Å². The van der Waals surface area contributed by atoms with Crippen LogP contribution in [0.2, 0.25) is 0 Å². The highest BCUT2D eigenvalue weighted by molar-refractivity contribution is 5.89. The molecule has 0 saturated heterocycles. The Morgan fingerprint density at radius 2 is 1.50 bits per heavy atom. The largest absolute Gasteiger partial charge is 0.398 e. The highest BCUT2D eigenvalue weighted by Gasteiger charge is 2.00. The van der Waals surface area contributed by atoms with Crippen LogP contribution >= 0.6 is 0 Å². The van der Waals surface area contributed by atoms with Crippen molar-refractivity contribution >= 4 is 27.5 Å². The van der Waals surface area contributed by atoms with Crippen molar-refractivity contribution in [1.82, 2.24) is 9.55 Å². The van der Waals surface area contributed by atoms with Gasteiger partial charge in [-0.1, -0.05) is 42.5 Å². The zero-order valence-electron chi connectivity index (χ0n) is 14.3. The lowest BCUT2D eigenvalue weighted by Gasteiger charge is -2.04. The van der Waals surface area contributed by atoms with Gasteiger partial charge < -0.3 is 10.3 Å². The summed E-state index contributed by atoms with van der Waals surface area (Å²) in [4.78, 5) is 4.16. The molecular weight excluding hydrogens is 318 g/mol. The Balaban J connectivity index is 0.000000136. The summed E-state index contributed by atoms with van der Waals surface area (Å²) < 4.78 is 2.20. The van der Waals surface area contributed by atoms with E-state index >= 15 is 0 Å². The van der Waals surface area contributed by atoms with E-state index in [1.807, 2.05) is 36.4 Å². The fraction of sp³-hybridized carbons (Fsp3) is 0. The van der Waals surface area contributed by atoms with Gasteiger partial charge in [0.2, 0.25) is 0 Å². The second-order valence-electron chi connectivity index (χ2n) is 6.00. The van der Waals surface area contributed by atoms with E-state index < -0.39 is 0 Å². The first kappa shape index (κ1) is 15.9. The lowest BCUT2D eigenvalue weighted by Crippen LogP contribution is -1.89. The molecule has 5 rings (SSSR count). The third-order valence-corrected chi connectivity index (χ3v) is 4.31. The molecule has 2 N–H and O–H groups in total. The summed E-state index contributed by atoms with van der Waals surface area (Å²) >= 11 is 0. The Labute approximate surface area is 152 Å². The summed E-state index contributed by atoms with van der Waals surface area (Å²) in [5.74, 6) is 0. The van der Waals surface area contributed by atoms with Gasteiger partial charge in [-0.05, 0) is 53.9 Å². The predicted molar refractivity (Wildman–Crippen MR) is 109 cm³/mol. The van der Waals surface area contributed by atoms with Gasteiger partial charge in [0, 0.05) is 29.2 Å². The van der Waals surface area contributed by atoms with Gasteiger partial charge in [0.1, 0.15) is 0 Å². The first-order chi connectivity index (χ1) is 12.8. The molecule has 0 radical (unpaired) electrons. The number of nitrogen functional groups attached to an aromatic ring is 1. The molecule has 0 spiro atoms. The molecule has 0 fully saturated rings. The van der Waals surface area contributed by atoms with Crippen LogP contribution in [0.25, 0.3) is 27.5 Å². The average molecular weight is 337 g/mol. The molecule has 0 aliphatic rings. The van der Waals surface area contributed by atoms with Crippen molar-refractivity contribution in [1.29, 1.82) is 0 Å². The van der Waals surface area contributed by atoms with Crippen molar-refractivity contribution in [2.45, 2.75) is 0 Å². The molecule has 3 heteroatoms. The van der Waals surface area contributed by atoms with Gasteiger partial charge in [-0.25, -0.2) is 0 Å². The van der Waals surface area contributed by atoms with E-state index in [1.165, 1.54) is 16.6 Å². The van der Waals surface area contributed by atoms with E-state index in [1.54, 1.807) is 6.20 Å². The van der Waals surface area contributed by atoms with Gasteiger partial charge >= 0.3 is 0 Å². The van der Waals surface area contributed by atoms with E-state index in [4.69, 9.17) is 5.73 Å². The number of anilines is 1. The smallest absolute Gasteiger partial charge is 0.0722 e. The molecule has 126 valence electrons. The predicted octanol–water partition coefficient (Wildman–Crippen LogP) is 5.45. The van der Waals surface area contributed by atoms with E-state index in [0.29, 0.717) is 0 Å². The number of nitrogens with two attached hydrogens (primary N) is 1. The first-order valence-corrected chi connectivity index (χ1v) is 8.54. The number of rotatable bonds is 1. The van der Waals surface area contributed by atoms with E-state index in [9.17, 15) is 0 Å². The minimum Gasteiger partial charge on any atom is -0.398 e. The van der Waals surface area contributed by atoms with Gasteiger partial charge in [-0.2, -0.15) is 0 Å². The Hall–Kier alpha value is -3.59. The fourth-order valence-corrected chi connectivity index (χ4v) is 3.02. The Morgan fingerprint density at radius 1 is 0.692 bits per heavy atom. The second kappa shape index (κ2) is 7.11. The minimum absolute atomic E-state index is 0.788. The first-order valence-electron chi connectivity index (χ1n) is 8.54. The highest BCUT2D eigenvalue weighted by atomic mass is 15.0. The second-order valence-corrected chi connectivity index (χ2v) is 6.00. The van der Waals surface area contributed by atoms with Crippen molar-refractivity contribution in [3.63, 3.8) is 0 Å². The van der Waals surface area contributed by atoms with Gasteiger partial charge in [-0.3, -0.25) is 4.98 Å². The molecule has 0 saturated carbocycles. The molecule has 0 bridgehead atoms. The van der Waals surface area contributed by atoms with Crippen molar-refractivity contribution in [3.8, 4) is 5.69 Å². The third kappa shape index (κ3) is 3.15. The summed E-state index contributed by atoms with van der Waals surface area (Å²) in [5, 5.41) is 2.30. The standard InChI is InChI=1S/C14H11N.C9H8N2/c1-2-7-13(8-3-1)15-11-10-12-6-4-5-9-14(12)15;10-8-4-1-5-9-7(8)3-2-6-11-9/h1-11H;1-6H,10H2. The monoisotopic (exact) mass is 337 g/mol. The molecule has 2 heterocycles. The van der Waals surface area contributed by atoms with Crippen molar-refractivity contribution in [2.75, 3.05) is 5.73 Å². The summed E-state index contributed by atoms with van der Waals surface area (Å²) in [7, 11) is 0. The van der Waals surface area contributed by atoms with E-state index in [-0.39, 0.29) is 0 Å². The van der Waals surface area contributed by atoms with Gasteiger partial charge in [-0.15, -0.1) is 0 Å². The van der Waals surface area contributed by atoms with Crippen LogP contribution in [-0.4, -0.2) is 9.55 Å². The molecule has 5 aromatic rings. The summed E-state index contributed by atoms with van der Waals surface area (Å²) in [6.07, 6.45) is 3.88. The molecule has 3 nitrogen and oxygen atoms in total. The average Bonchev–Trinajstić information content (AvgIpc) is 3.14. The van der Waals surface area contributed by atoms with Crippen LogP contribution in [0.5, 0.6) is 0 Å². The maximum Gasteiger partial charge on any atom is 0.0722 e. The third-order valence-electron chi connectivity index (χ3n) is 4.31. The number of nitrogens with zero attached hydrogens (tertiary/aromatic N) is 2. The van der Waals surface area contributed by atoms with Crippen molar-refractivity contribution in [3.05, 3.63) is 103 Å². The molecule has 0 aliphatic heterocycles. The van der Waals surface area contributed by atoms with Crippen LogP contribution in [0, 0.1) is 0 Å². The summed E-state index contributed by atoms with van der Waals surface area (Å²) in [6.45, 7) is 0. The maximum absolute atomic E-state index is 5.72. The maximum atomic E-state index is 5.72. The summed E-state index contributed by atoms with van der Waals surface area (Å²) in [6, 6.07) is 30.5. The highest BCUT2D eigenvalue weighted by Crippen LogP contribution is 2.19. The molecule has 0 atom stereocenters. The zero-order chi connectivity index (χ0) is 17.8. The number of benzene rings is 3. The Morgan fingerprint density at radius 3 is 2.35 bits per heavy atom. The number of hydrogen-bond donors (Lipinski definition) is 1. The molecule has 2 aromatic heterocycles. The van der Waals surface area contributed by atoms with Crippen molar-refractivity contribution < 1.29 is 0 Å². The summed E-state index contributed by atoms with van der Waals surface area (Å²) in [5.41, 5.74) is 9.92. The van der Waals surface area contributed by atoms with Crippen LogP contribution in [0.1, 0.15) is 0 Å². The number of hydrogen-bond acceptors (Lipinski definition) is 2. The molecule has 0 aliphatic carbocycles. The molecule has 0 unspecified atom stereocenters. The van der Waals surface area contributed by atoms with E-state index in [0.717, 1.165) is 16.6 Å². The number of aromatic nitrogens is 2. The van der Waals surface area contributed by atoms with Gasteiger partial charge in [0.25, 0.3) is 0 Å². The van der Waals surface area contributed by atoms with Crippen molar-refractivity contribution in [2.24, 2.45) is 0 Å². The van der Waals surface area contributed by atoms with Crippen LogP contribution in [-0.2, 0) is 0 Å². The molecule has 3 aromatic carbocycles. The number of fused-ring (bicyclic) bond motifs is 2. The van der Waals surface area contributed by atoms with Crippen LogP contribution in [0.4, 0.5) is 5.69 Å². The Bertz CT molecular complexity index is 1140. The Kier molecular flexibility index (Phi) is 4.35. The number of pyridine rings is 1. The van der Waals surface area contributed by atoms with Gasteiger partial charge in [0.15, 0.2) is 0 Å². The van der Waals surface area contributed by atoms with Crippen LogP contribution in [0.15, 0.2) is 103 Å². The molecular formula is C23H19N3. The number of para-hydroxylation sites is 2. The zero-order valence-corrected chi connectivity index (χ0v) is 14.3. The van der Waals surface area contributed by atoms with Crippen LogP contribution < -0.4 is 5.73 Å². The SMILES string of the molecule is Nc1cccc2ncccc12.c1ccc(-n2ccc3ccccc32)cc1. The fourth-order valence-electron chi connectivity index (χ4n) is 3.02. The van der Waals surface area contributed by atoms with Crippen LogP contribution in [0.3, 0.4) is 0 Å². The van der Waals surface area contributed by atoms with Gasteiger partial charge in [0.05, 0.1) is 11.0 Å². The van der Waals surface area contributed by atoms with E-state index in [2.05, 4.69) is 70.3 Å². The minimum atomic E-state index is 0.788. The molecule has 26 heavy (non-hydrogen) atoms. The lowest BCUT2D eigenvalue weighted by atomic mass is 10.2. The normalized spacial score (nSPS) is 10.5. The lowest BCUT2D eigenvalue weighted by molar-refractivity contribution is 1.13. The quantitative estimate of drug-likeness (QED) is 0.413.